The van der Waals surface area contributed by atoms with Gasteiger partial charge in [0.05, 0.1) is 6.42 Å². The lowest BCUT2D eigenvalue weighted by Crippen LogP contribution is -2.61. The summed E-state index contributed by atoms with van der Waals surface area (Å²) in [4.78, 5) is 24.5. The van der Waals surface area contributed by atoms with Crippen molar-refractivity contribution in [2.75, 3.05) is 6.54 Å². The topological polar surface area (TPSA) is 40.6 Å². The second-order valence-corrected chi connectivity index (χ2v) is 9.71. The Morgan fingerprint density at radius 1 is 0.875 bits per heavy atom. The van der Waals surface area contributed by atoms with Gasteiger partial charge in [-0.2, -0.15) is 0 Å². The highest BCUT2D eigenvalue weighted by molar-refractivity contribution is 7.99. The van der Waals surface area contributed by atoms with Crippen LogP contribution in [0.3, 0.4) is 0 Å². The number of nitrogens with zero attached hydrogens (tertiary/aromatic N) is 2. The highest BCUT2D eigenvalue weighted by Crippen LogP contribution is 2.33. The van der Waals surface area contributed by atoms with E-state index >= 15 is 0 Å². The Balaban J connectivity index is 1.29. The molecule has 0 saturated carbocycles. The zero-order valence-corrected chi connectivity index (χ0v) is 20.1. The van der Waals surface area contributed by atoms with Crippen LogP contribution in [-0.2, 0) is 21.8 Å². The smallest absolute Gasteiger partial charge is 0.245 e. The van der Waals surface area contributed by atoms with Crippen molar-refractivity contribution in [2.24, 2.45) is 0 Å². The van der Waals surface area contributed by atoms with Crippen LogP contribution >= 0.6 is 11.8 Å². The average Bonchev–Trinajstić information content (AvgIpc) is 2.80. The number of benzene rings is 2. The Bertz CT molecular complexity index is 828. The Kier molecular flexibility index (Phi) is 10.1. The predicted molar refractivity (Wildman–Crippen MR) is 133 cm³/mol. The molecular formula is C27H36N2O2S. The van der Waals surface area contributed by atoms with Crippen molar-refractivity contribution < 1.29 is 9.59 Å². The second-order valence-electron chi connectivity index (χ2n) is 8.55. The van der Waals surface area contributed by atoms with Crippen LogP contribution in [0, 0.1) is 0 Å². The highest BCUT2D eigenvalue weighted by atomic mass is 32.2. The minimum absolute atomic E-state index is 0.0377. The van der Waals surface area contributed by atoms with Gasteiger partial charge in [0, 0.05) is 19.2 Å². The quantitative estimate of drug-likeness (QED) is 0.252. The van der Waals surface area contributed by atoms with Crippen molar-refractivity contribution in [1.29, 1.82) is 0 Å². The van der Waals surface area contributed by atoms with Crippen LogP contribution in [0.4, 0.5) is 0 Å². The van der Waals surface area contributed by atoms with Crippen molar-refractivity contribution in [2.45, 2.75) is 75.8 Å². The molecule has 2 amide bonds. The van der Waals surface area contributed by atoms with Crippen molar-refractivity contribution in [3.8, 4) is 0 Å². The summed E-state index contributed by atoms with van der Waals surface area (Å²) >= 11 is 1.74. The molecule has 0 radical (unpaired) electrons. The lowest BCUT2D eigenvalue weighted by Gasteiger charge is -2.46. The first-order chi connectivity index (χ1) is 15.6. The predicted octanol–water partition coefficient (Wildman–Crippen LogP) is 6.22. The first kappa shape index (κ1) is 24.4. The Hall–Kier alpha value is -2.27. The summed E-state index contributed by atoms with van der Waals surface area (Å²) in [5.74, 6) is 0.874. The third kappa shape index (κ3) is 7.70. The van der Waals surface area contributed by atoms with E-state index in [-0.39, 0.29) is 17.2 Å². The number of aryl methyl sites for hydroxylation is 1. The molecule has 1 unspecified atom stereocenters. The molecule has 1 atom stereocenters. The minimum Gasteiger partial charge on any atom is -0.273 e. The van der Waals surface area contributed by atoms with E-state index in [0.717, 1.165) is 18.6 Å². The lowest BCUT2D eigenvalue weighted by atomic mass is 10.0. The maximum Gasteiger partial charge on any atom is 0.245 e. The molecule has 1 saturated heterocycles. The van der Waals surface area contributed by atoms with E-state index in [2.05, 4.69) is 42.5 Å². The number of rotatable bonds is 14. The van der Waals surface area contributed by atoms with Gasteiger partial charge in [-0.05, 0) is 30.4 Å². The summed E-state index contributed by atoms with van der Waals surface area (Å²) in [6, 6.07) is 21.0. The van der Waals surface area contributed by atoms with Crippen LogP contribution in [0.1, 0.15) is 69.4 Å². The Morgan fingerprint density at radius 2 is 1.44 bits per heavy atom. The molecule has 0 aliphatic carbocycles. The normalized spacial score (nSPS) is 15.5. The summed E-state index contributed by atoms with van der Waals surface area (Å²) in [6.45, 7) is 2.20. The number of hydrogen-bond acceptors (Lipinski definition) is 3. The maximum absolute atomic E-state index is 12.3. The minimum atomic E-state index is -0.0377. The third-order valence-electron chi connectivity index (χ3n) is 5.96. The van der Waals surface area contributed by atoms with Gasteiger partial charge in [0.25, 0.3) is 0 Å². The van der Waals surface area contributed by atoms with Crippen molar-refractivity contribution in [1.82, 2.24) is 10.0 Å². The van der Waals surface area contributed by atoms with Crippen molar-refractivity contribution in [3.05, 3.63) is 71.8 Å². The molecule has 2 aromatic carbocycles. The standard InChI is InChI=1S/C27H36N2O2S/c1-23(30)28(29-26(31)21-27(29)32-22-25-18-12-8-13-19-25)20-14-6-4-2-3-5-9-15-24-16-10-7-11-17-24/h7-8,10-13,16-19,27H,2-6,9,14-15,20-22H2,1H3. The molecule has 4 nitrogen and oxygen atoms in total. The maximum atomic E-state index is 12.3. The molecule has 3 rings (SSSR count). The van der Waals surface area contributed by atoms with Crippen LogP contribution in [-0.4, -0.2) is 33.8 Å². The zero-order valence-electron chi connectivity index (χ0n) is 19.2. The van der Waals surface area contributed by atoms with Crippen molar-refractivity contribution in [3.63, 3.8) is 0 Å². The summed E-state index contributed by atoms with van der Waals surface area (Å²) in [7, 11) is 0. The summed E-state index contributed by atoms with van der Waals surface area (Å²) in [5.41, 5.74) is 2.67. The largest absolute Gasteiger partial charge is 0.273 e. The van der Waals surface area contributed by atoms with Gasteiger partial charge >= 0.3 is 0 Å². The number of unbranched alkanes of at least 4 members (excludes halogenated alkanes) is 6. The second kappa shape index (κ2) is 13.3. The van der Waals surface area contributed by atoms with E-state index in [1.165, 1.54) is 49.7 Å². The van der Waals surface area contributed by atoms with Gasteiger partial charge in [0.1, 0.15) is 5.37 Å². The van der Waals surface area contributed by atoms with Crippen LogP contribution < -0.4 is 0 Å². The van der Waals surface area contributed by atoms with Crippen LogP contribution in [0.15, 0.2) is 60.7 Å². The summed E-state index contributed by atoms with van der Waals surface area (Å²) in [5, 5.41) is 3.43. The highest BCUT2D eigenvalue weighted by Gasteiger charge is 2.41. The van der Waals surface area contributed by atoms with E-state index in [1.807, 2.05) is 18.2 Å². The van der Waals surface area contributed by atoms with E-state index in [4.69, 9.17) is 0 Å². The van der Waals surface area contributed by atoms with Gasteiger partial charge in [0.2, 0.25) is 11.8 Å². The number of thioether (sulfide) groups is 1. The fraction of sp³-hybridized carbons (Fsp3) is 0.481. The Morgan fingerprint density at radius 3 is 2.03 bits per heavy atom. The molecule has 1 aliphatic heterocycles. The number of β-lactam (4-membered cyclic amide) rings is 1. The van der Waals surface area contributed by atoms with E-state index in [9.17, 15) is 9.59 Å². The zero-order chi connectivity index (χ0) is 22.6. The van der Waals surface area contributed by atoms with Gasteiger partial charge in [-0.15, -0.1) is 11.8 Å². The number of hydrogen-bond donors (Lipinski definition) is 0. The monoisotopic (exact) mass is 452 g/mol. The lowest BCUT2D eigenvalue weighted by molar-refractivity contribution is -0.177. The SMILES string of the molecule is CC(=O)N(CCCCCCCCCc1ccccc1)N1C(=O)CC1SCc1ccccc1. The molecule has 0 bridgehead atoms. The molecular weight excluding hydrogens is 416 g/mol. The van der Waals surface area contributed by atoms with E-state index < -0.39 is 0 Å². The molecule has 1 aliphatic rings. The molecule has 0 N–H and O–H groups in total. The number of carbonyl (C=O) groups excluding carboxylic acids is 2. The van der Waals surface area contributed by atoms with Gasteiger partial charge < -0.3 is 0 Å². The van der Waals surface area contributed by atoms with E-state index in [1.54, 1.807) is 28.7 Å². The molecule has 1 heterocycles. The summed E-state index contributed by atoms with van der Waals surface area (Å²) in [6.07, 6.45) is 9.97. The van der Waals surface area contributed by atoms with Crippen molar-refractivity contribution >= 4 is 23.6 Å². The van der Waals surface area contributed by atoms with Gasteiger partial charge in [-0.25, -0.2) is 5.01 Å². The van der Waals surface area contributed by atoms with Gasteiger partial charge in [-0.1, -0.05) is 92.8 Å². The van der Waals surface area contributed by atoms with Crippen LogP contribution in [0.2, 0.25) is 0 Å². The first-order valence-corrected chi connectivity index (χ1v) is 13.0. The molecule has 172 valence electrons. The molecule has 32 heavy (non-hydrogen) atoms. The summed E-state index contributed by atoms with van der Waals surface area (Å²) < 4.78 is 0. The third-order valence-corrected chi connectivity index (χ3v) is 7.22. The first-order valence-electron chi connectivity index (χ1n) is 11.9. The molecule has 0 aromatic heterocycles. The van der Waals surface area contributed by atoms with E-state index in [0.29, 0.717) is 13.0 Å². The van der Waals surface area contributed by atoms with Gasteiger partial charge in [-0.3, -0.25) is 14.6 Å². The van der Waals surface area contributed by atoms with Crippen LogP contribution in [0.25, 0.3) is 0 Å². The average molecular weight is 453 g/mol. The molecule has 5 heteroatoms. The molecule has 2 aromatic rings. The number of carbonyl (C=O) groups is 2. The fourth-order valence-corrected chi connectivity index (χ4v) is 5.31. The van der Waals surface area contributed by atoms with Crippen LogP contribution in [0.5, 0.6) is 0 Å². The molecule has 0 spiro atoms. The van der Waals surface area contributed by atoms with Gasteiger partial charge in [0.15, 0.2) is 0 Å². The number of amides is 2. The number of hydrazine groups is 1. The Labute approximate surface area is 197 Å². The molecule has 1 fully saturated rings. The fourth-order valence-electron chi connectivity index (χ4n) is 4.10.